The second-order valence-corrected chi connectivity index (χ2v) is 11.8. The number of rotatable bonds is 15. The number of alkyl halides is 1. The number of aromatic nitrogens is 3. The fourth-order valence-electron chi connectivity index (χ4n) is 5.31. The number of halogens is 3. The van der Waals surface area contributed by atoms with Gasteiger partial charge in [0.2, 0.25) is 0 Å². The fraction of sp³-hybridized carbons (Fsp3) is 0.406. The lowest BCUT2D eigenvalue weighted by Gasteiger charge is -2.15. The minimum absolute atomic E-state index is 0.0464. The number of H-pyrrole nitrogens is 1. The van der Waals surface area contributed by atoms with E-state index in [9.17, 15) is 14.3 Å². The zero-order valence-corrected chi connectivity index (χ0v) is 25.2. The van der Waals surface area contributed by atoms with Crippen LogP contribution in [0.2, 0.25) is 5.02 Å². The number of aryl methyl sites for hydroxylation is 1. The van der Waals surface area contributed by atoms with E-state index < -0.39 is 18.2 Å². The summed E-state index contributed by atoms with van der Waals surface area (Å²) in [5, 5.41) is 13.6. The van der Waals surface area contributed by atoms with Gasteiger partial charge in [-0.15, -0.1) is 0 Å². The van der Waals surface area contributed by atoms with Crippen molar-refractivity contribution in [2.24, 2.45) is 22.4 Å². The molecule has 0 saturated heterocycles. The van der Waals surface area contributed by atoms with Gasteiger partial charge in [0.05, 0.1) is 23.0 Å². The number of aliphatic hydroxyl groups is 1. The highest BCUT2D eigenvalue weighted by molar-refractivity contribution is 6.31. The Bertz CT molecular complexity index is 1670. The van der Waals surface area contributed by atoms with Crippen molar-refractivity contribution in [3.63, 3.8) is 0 Å². The second kappa shape index (κ2) is 14.4. The molecule has 12 heteroatoms. The first-order valence-corrected chi connectivity index (χ1v) is 15.3. The Hall–Kier alpha value is -3.64. The second-order valence-electron chi connectivity index (χ2n) is 11.4. The molecule has 0 radical (unpaired) electrons. The number of nitrogens with one attached hydrogen (secondary N) is 2. The van der Waals surface area contributed by atoms with Crippen LogP contribution in [-0.4, -0.2) is 57.4 Å². The van der Waals surface area contributed by atoms with E-state index in [1.54, 1.807) is 36.5 Å². The van der Waals surface area contributed by atoms with Crippen molar-refractivity contribution < 1.29 is 13.9 Å². The number of nitrogens with zero attached hydrogens (tertiary/aromatic N) is 3. The predicted octanol–water partition coefficient (Wildman–Crippen LogP) is 4.40. The quantitative estimate of drug-likeness (QED) is 0.0977. The van der Waals surface area contributed by atoms with Gasteiger partial charge in [0.1, 0.15) is 18.2 Å². The lowest BCUT2D eigenvalue weighted by molar-refractivity contribution is 0.236. The van der Waals surface area contributed by atoms with Gasteiger partial charge in [-0.2, -0.15) is 4.98 Å². The van der Waals surface area contributed by atoms with Crippen LogP contribution in [-0.2, 0) is 13.0 Å². The lowest BCUT2D eigenvalue weighted by atomic mass is 10.00. The molecule has 1 aliphatic rings. The summed E-state index contributed by atoms with van der Waals surface area (Å²) >= 11 is 6.28. The van der Waals surface area contributed by atoms with Crippen LogP contribution < -0.4 is 22.5 Å². The van der Waals surface area contributed by atoms with Gasteiger partial charge in [-0.3, -0.25) is 9.56 Å². The SMILES string of the molecule is NC(CF)=NCC[C@H](CO)NCc1ccc(-n2cc3cc(-c4cc(CCCC(N)C5CC5)cc(Cl)c4F)[nH]c3nc2=O)cc1. The van der Waals surface area contributed by atoms with Gasteiger partial charge in [-0.05, 0) is 85.9 Å². The summed E-state index contributed by atoms with van der Waals surface area (Å²) < 4.78 is 29.0. The summed E-state index contributed by atoms with van der Waals surface area (Å²) in [5.41, 5.74) is 14.8. The Balaban J connectivity index is 1.28. The van der Waals surface area contributed by atoms with E-state index in [0.29, 0.717) is 53.4 Å². The number of hydrogen-bond donors (Lipinski definition) is 5. The Morgan fingerprint density at radius 1 is 1.20 bits per heavy atom. The van der Waals surface area contributed by atoms with Gasteiger partial charge in [-0.25, -0.2) is 13.6 Å². The summed E-state index contributed by atoms with van der Waals surface area (Å²) in [7, 11) is 0. The smallest absolute Gasteiger partial charge is 0.354 e. The maximum absolute atomic E-state index is 15.2. The van der Waals surface area contributed by atoms with Crippen LogP contribution in [0.15, 0.2) is 58.4 Å². The van der Waals surface area contributed by atoms with Crippen LogP contribution in [0.1, 0.15) is 43.2 Å². The van der Waals surface area contributed by atoms with E-state index in [1.165, 1.54) is 17.4 Å². The summed E-state index contributed by atoms with van der Waals surface area (Å²) in [4.78, 5) is 24.1. The molecular formula is C32H38ClF2N7O2. The molecule has 0 aliphatic heterocycles. The lowest BCUT2D eigenvalue weighted by Crippen LogP contribution is -2.33. The number of aliphatic imine (C=N–C) groups is 1. The predicted molar refractivity (Wildman–Crippen MR) is 171 cm³/mol. The van der Waals surface area contributed by atoms with Crippen molar-refractivity contribution in [2.45, 2.75) is 57.2 Å². The first kappa shape index (κ1) is 31.8. The average molecular weight is 626 g/mol. The third kappa shape index (κ3) is 7.89. The van der Waals surface area contributed by atoms with Gasteiger partial charge >= 0.3 is 5.69 Å². The molecule has 0 bridgehead atoms. The molecule has 1 aliphatic carbocycles. The normalized spacial score (nSPS) is 15.2. The molecule has 2 aromatic heterocycles. The molecule has 234 valence electrons. The minimum Gasteiger partial charge on any atom is -0.395 e. The zero-order valence-electron chi connectivity index (χ0n) is 24.4. The van der Waals surface area contributed by atoms with Crippen LogP contribution in [0.3, 0.4) is 0 Å². The highest BCUT2D eigenvalue weighted by atomic mass is 35.5. The standard InChI is InChI=1S/C32H38ClF2N7O2/c33-26-13-20(2-1-3-27(36)21-6-7-21)12-25(30(26)35)28-14-22-17-42(32(44)41-31(22)40-28)24-8-4-19(5-9-24)16-39-23(18-43)10-11-38-29(37)15-34/h4-5,8-9,12-14,17,21,23,27,39,43H,1-3,6-7,10-11,15-16,18,36H2,(H2,37,38)(H,40,41,44)/t23-,27?/m1/s1. The van der Waals surface area contributed by atoms with Crippen molar-refractivity contribution in [2.75, 3.05) is 19.8 Å². The Morgan fingerprint density at radius 3 is 2.68 bits per heavy atom. The van der Waals surface area contributed by atoms with Crippen LogP contribution in [0, 0.1) is 11.7 Å². The maximum atomic E-state index is 15.2. The summed E-state index contributed by atoms with van der Waals surface area (Å²) in [5.74, 6) is 0.0512. The van der Waals surface area contributed by atoms with Crippen molar-refractivity contribution in [1.82, 2.24) is 19.9 Å². The highest BCUT2D eigenvalue weighted by Crippen LogP contribution is 2.34. The van der Waals surface area contributed by atoms with Crippen LogP contribution in [0.4, 0.5) is 8.78 Å². The van der Waals surface area contributed by atoms with Gasteiger partial charge in [0.15, 0.2) is 5.82 Å². The molecule has 4 aromatic rings. The molecule has 5 rings (SSSR count). The number of aromatic amines is 1. The van der Waals surface area contributed by atoms with E-state index in [-0.39, 0.29) is 29.5 Å². The van der Waals surface area contributed by atoms with E-state index >= 15 is 4.39 Å². The van der Waals surface area contributed by atoms with E-state index in [0.717, 1.165) is 30.4 Å². The van der Waals surface area contributed by atoms with Crippen molar-refractivity contribution in [3.8, 4) is 16.9 Å². The van der Waals surface area contributed by atoms with E-state index in [4.69, 9.17) is 23.1 Å². The van der Waals surface area contributed by atoms with E-state index in [1.807, 2.05) is 12.1 Å². The summed E-state index contributed by atoms with van der Waals surface area (Å²) in [6, 6.07) is 12.6. The van der Waals surface area contributed by atoms with Gasteiger partial charge in [0, 0.05) is 42.3 Å². The average Bonchev–Trinajstić information content (AvgIpc) is 3.80. The molecule has 2 atom stereocenters. The Morgan fingerprint density at radius 2 is 1.98 bits per heavy atom. The third-order valence-corrected chi connectivity index (χ3v) is 8.35. The molecule has 0 amide bonds. The van der Waals surface area contributed by atoms with Crippen LogP contribution in [0.25, 0.3) is 28.0 Å². The summed E-state index contributed by atoms with van der Waals surface area (Å²) in [6.07, 6.45) is 7.16. The van der Waals surface area contributed by atoms with Gasteiger partial charge < -0.3 is 26.9 Å². The van der Waals surface area contributed by atoms with Crippen molar-refractivity contribution in [1.29, 1.82) is 0 Å². The number of benzene rings is 2. The minimum atomic E-state index is -0.793. The van der Waals surface area contributed by atoms with Gasteiger partial charge in [0.25, 0.3) is 0 Å². The molecule has 7 N–H and O–H groups in total. The third-order valence-electron chi connectivity index (χ3n) is 8.08. The van der Waals surface area contributed by atoms with E-state index in [2.05, 4.69) is 20.3 Å². The molecule has 0 spiro atoms. The Labute approximate surface area is 259 Å². The number of amidine groups is 1. The molecule has 2 aromatic carbocycles. The molecular weight excluding hydrogens is 588 g/mol. The van der Waals surface area contributed by atoms with Crippen molar-refractivity contribution in [3.05, 3.63) is 81.1 Å². The van der Waals surface area contributed by atoms with Crippen LogP contribution in [0.5, 0.6) is 0 Å². The largest absolute Gasteiger partial charge is 0.395 e. The monoisotopic (exact) mass is 625 g/mol. The number of aliphatic hydroxyl groups excluding tert-OH is 1. The molecule has 44 heavy (non-hydrogen) atoms. The fourth-order valence-corrected chi connectivity index (χ4v) is 5.55. The molecule has 1 unspecified atom stereocenters. The maximum Gasteiger partial charge on any atom is 0.354 e. The number of hydrogen-bond acceptors (Lipinski definition) is 6. The zero-order chi connectivity index (χ0) is 31.2. The molecule has 1 fully saturated rings. The highest BCUT2D eigenvalue weighted by Gasteiger charge is 2.27. The van der Waals surface area contributed by atoms with Gasteiger partial charge in [-0.1, -0.05) is 23.7 Å². The van der Waals surface area contributed by atoms with Crippen LogP contribution >= 0.6 is 11.6 Å². The summed E-state index contributed by atoms with van der Waals surface area (Å²) in [6.45, 7) is -0.106. The first-order valence-electron chi connectivity index (χ1n) is 14.9. The molecule has 1 saturated carbocycles. The molecule has 9 nitrogen and oxygen atoms in total. The molecule has 2 heterocycles. The topological polar surface area (TPSA) is 147 Å². The van der Waals surface area contributed by atoms with Crippen molar-refractivity contribution >= 4 is 28.5 Å². The first-order chi connectivity index (χ1) is 21.2. The Kier molecular flexibility index (Phi) is 10.4. The number of nitrogens with two attached hydrogens (primary N) is 2. The number of fused-ring (bicyclic) bond motifs is 1.